The Kier molecular flexibility index (Phi) is 5.33. The Balaban J connectivity index is 3.17. The highest BCUT2D eigenvalue weighted by Crippen LogP contribution is 2.20. The summed E-state index contributed by atoms with van der Waals surface area (Å²) in [6, 6.07) is 4.74. The molecule has 0 aliphatic rings. The van der Waals surface area contributed by atoms with Crippen molar-refractivity contribution in [3.63, 3.8) is 0 Å². The van der Waals surface area contributed by atoms with E-state index in [-0.39, 0.29) is 5.82 Å². The molecule has 0 N–H and O–H groups in total. The minimum atomic E-state index is -0.899. The second kappa shape index (κ2) is 6.65. The number of imide groups is 1. The summed E-state index contributed by atoms with van der Waals surface area (Å²) in [5, 5.41) is 8.80. The maximum absolute atomic E-state index is 12.3. The Morgan fingerprint density at radius 1 is 1.04 bits per heavy atom. The minimum absolute atomic E-state index is 0.0208. The van der Waals surface area contributed by atoms with E-state index in [4.69, 9.17) is 14.7 Å². The summed E-state index contributed by atoms with van der Waals surface area (Å²) in [5.41, 5.74) is -1.27. The molecule has 0 aliphatic carbocycles. The Labute approximate surface area is 135 Å². The molecule has 7 heteroatoms. The van der Waals surface area contributed by atoms with E-state index in [2.05, 4.69) is 4.98 Å². The molecule has 0 saturated carbocycles. The molecule has 7 nitrogen and oxygen atoms in total. The fraction of sp³-hybridized carbons (Fsp3) is 0.500. The third kappa shape index (κ3) is 5.94. The standard InChI is InChI=1S/C16H21N3O4/c1-15(2,3)22-13(20)19(14(21)23-16(4,5)6)12-8-7-11(9-17)10-18-12/h7-8,10H,1-6H3. The zero-order valence-corrected chi connectivity index (χ0v) is 14.2. The number of amides is 2. The van der Waals surface area contributed by atoms with Crippen molar-refractivity contribution < 1.29 is 19.1 Å². The van der Waals surface area contributed by atoms with Crippen LogP contribution in [-0.2, 0) is 9.47 Å². The summed E-state index contributed by atoms with van der Waals surface area (Å²) in [4.78, 5) is 29.3. The topological polar surface area (TPSA) is 92.5 Å². The number of nitriles is 1. The van der Waals surface area contributed by atoms with Gasteiger partial charge in [-0.2, -0.15) is 10.2 Å². The average Bonchev–Trinajstić information content (AvgIpc) is 2.35. The first-order valence-electron chi connectivity index (χ1n) is 7.05. The number of pyridine rings is 1. The first-order chi connectivity index (χ1) is 10.4. The van der Waals surface area contributed by atoms with Crippen LogP contribution in [0.15, 0.2) is 18.3 Å². The molecular weight excluding hydrogens is 298 g/mol. The summed E-state index contributed by atoms with van der Waals surface area (Å²) >= 11 is 0. The summed E-state index contributed by atoms with van der Waals surface area (Å²) in [6.07, 6.45) is -0.537. The van der Waals surface area contributed by atoms with Gasteiger partial charge in [0.25, 0.3) is 0 Å². The van der Waals surface area contributed by atoms with Crippen molar-refractivity contribution in [1.29, 1.82) is 5.26 Å². The number of hydrogen-bond acceptors (Lipinski definition) is 6. The van der Waals surface area contributed by atoms with Gasteiger partial charge in [-0.05, 0) is 53.7 Å². The van der Waals surface area contributed by atoms with E-state index in [0.29, 0.717) is 10.5 Å². The monoisotopic (exact) mass is 319 g/mol. The van der Waals surface area contributed by atoms with E-state index in [0.717, 1.165) is 0 Å². The molecule has 0 spiro atoms. The number of ether oxygens (including phenoxy) is 2. The second-order valence-electron chi connectivity index (χ2n) is 6.81. The molecular formula is C16H21N3O4. The molecule has 1 rings (SSSR count). The van der Waals surface area contributed by atoms with Crippen LogP contribution in [0.25, 0.3) is 0 Å². The fourth-order valence-corrected chi connectivity index (χ4v) is 1.46. The number of hydrogen-bond donors (Lipinski definition) is 0. The van der Waals surface area contributed by atoms with E-state index in [1.165, 1.54) is 18.3 Å². The maximum Gasteiger partial charge on any atom is 0.425 e. The van der Waals surface area contributed by atoms with E-state index in [9.17, 15) is 9.59 Å². The van der Waals surface area contributed by atoms with Gasteiger partial charge >= 0.3 is 12.2 Å². The van der Waals surface area contributed by atoms with Crippen molar-refractivity contribution >= 4 is 18.0 Å². The third-order valence-electron chi connectivity index (χ3n) is 2.26. The Morgan fingerprint density at radius 3 is 1.83 bits per heavy atom. The van der Waals surface area contributed by atoms with Crippen molar-refractivity contribution in [2.24, 2.45) is 0 Å². The van der Waals surface area contributed by atoms with Crippen molar-refractivity contribution in [3.05, 3.63) is 23.9 Å². The highest BCUT2D eigenvalue weighted by atomic mass is 16.6. The van der Waals surface area contributed by atoms with Gasteiger partial charge in [0.1, 0.15) is 23.1 Å². The van der Waals surface area contributed by atoms with Gasteiger partial charge in [0.2, 0.25) is 0 Å². The third-order valence-corrected chi connectivity index (χ3v) is 2.26. The number of nitrogens with zero attached hydrogens (tertiary/aromatic N) is 3. The number of aromatic nitrogens is 1. The van der Waals surface area contributed by atoms with E-state index in [1.807, 2.05) is 6.07 Å². The van der Waals surface area contributed by atoms with Crippen LogP contribution in [0.1, 0.15) is 47.1 Å². The zero-order chi connectivity index (χ0) is 17.8. The van der Waals surface area contributed by atoms with Crippen LogP contribution in [0.4, 0.5) is 15.4 Å². The molecule has 1 aromatic heterocycles. The summed E-state index contributed by atoms with van der Waals surface area (Å²) < 4.78 is 10.5. The number of carbonyl (C=O) groups excluding carboxylic acids is 2. The van der Waals surface area contributed by atoms with E-state index >= 15 is 0 Å². The molecule has 2 amide bonds. The van der Waals surface area contributed by atoms with Crippen LogP contribution in [0.3, 0.4) is 0 Å². The molecule has 1 heterocycles. The molecule has 0 aliphatic heterocycles. The molecule has 124 valence electrons. The molecule has 1 aromatic rings. The van der Waals surface area contributed by atoms with Gasteiger partial charge in [-0.15, -0.1) is 0 Å². The number of carbonyl (C=O) groups is 2. The van der Waals surface area contributed by atoms with Crippen LogP contribution in [0.5, 0.6) is 0 Å². The van der Waals surface area contributed by atoms with Crippen molar-refractivity contribution in [3.8, 4) is 6.07 Å². The van der Waals surface area contributed by atoms with Gasteiger partial charge < -0.3 is 9.47 Å². The molecule has 0 atom stereocenters. The first kappa shape index (κ1) is 18.4. The second-order valence-corrected chi connectivity index (χ2v) is 6.81. The van der Waals surface area contributed by atoms with Crippen LogP contribution < -0.4 is 4.90 Å². The highest BCUT2D eigenvalue weighted by molar-refractivity contribution is 6.08. The Morgan fingerprint density at radius 2 is 1.52 bits per heavy atom. The van der Waals surface area contributed by atoms with Gasteiger partial charge in [-0.1, -0.05) is 0 Å². The van der Waals surface area contributed by atoms with Gasteiger partial charge in [0, 0.05) is 6.20 Å². The van der Waals surface area contributed by atoms with Gasteiger partial charge in [0.15, 0.2) is 0 Å². The van der Waals surface area contributed by atoms with E-state index < -0.39 is 23.4 Å². The van der Waals surface area contributed by atoms with Crippen LogP contribution >= 0.6 is 0 Å². The van der Waals surface area contributed by atoms with Crippen LogP contribution in [0.2, 0.25) is 0 Å². The molecule has 0 bridgehead atoms. The van der Waals surface area contributed by atoms with Crippen molar-refractivity contribution in [2.75, 3.05) is 4.90 Å². The van der Waals surface area contributed by atoms with Crippen LogP contribution in [-0.4, -0.2) is 28.4 Å². The summed E-state index contributed by atoms with van der Waals surface area (Å²) in [7, 11) is 0. The molecule has 23 heavy (non-hydrogen) atoms. The van der Waals surface area contributed by atoms with E-state index in [1.54, 1.807) is 41.5 Å². The lowest BCUT2D eigenvalue weighted by Crippen LogP contribution is -2.44. The predicted octanol–water partition coefficient (Wildman–Crippen LogP) is 3.63. The SMILES string of the molecule is CC(C)(C)OC(=O)N(C(=O)OC(C)(C)C)c1ccc(C#N)cn1. The van der Waals surface area contributed by atoms with Gasteiger partial charge in [0.05, 0.1) is 5.56 Å². The largest absolute Gasteiger partial charge is 0.443 e. The Bertz CT molecular complexity index is 591. The zero-order valence-electron chi connectivity index (χ0n) is 14.2. The highest BCUT2D eigenvalue weighted by Gasteiger charge is 2.33. The van der Waals surface area contributed by atoms with Crippen LogP contribution in [0, 0.1) is 11.3 Å². The van der Waals surface area contributed by atoms with Gasteiger partial charge in [-0.3, -0.25) is 0 Å². The molecule has 0 radical (unpaired) electrons. The molecule has 0 aromatic carbocycles. The predicted molar refractivity (Wildman–Crippen MR) is 83.9 cm³/mol. The lowest BCUT2D eigenvalue weighted by Gasteiger charge is -2.28. The van der Waals surface area contributed by atoms with Crippen molar-refractivity contribution in [2.45, 2.75) is 52.7 Å². The molecule has 0 saturated heterocycles. The Hall–Kier alpha value is -2.62. The smallest absolute Gasteiger partial charge is 0.425 e. The molecule has 0 unspecified atom stereocenters. The maximum atomic E-state index is 12.3. The quantitative estimate of drug-likeness (QED) is 0.784. The number of anilines is 1. The lowest BCUT2D eigenvalue weighted by molar-refractivity contribution is 0.0429. The summed E-state index contributed by atoms with van der Waals surface area (Å²) in [6.45, 7) is 10.1. The first-order valence-corrected chi connectivity index (χ1v) is 7.05. The fourth-order valence-electron chi connectivity index (χ4n) is 1.46. The minimum Gasteiger partial charge on any atom is -0.443 e. The van der Waals surface area contributed by atoms with Gasteiger partial charge in [-0.25, -0.2) is 14.6 Å². The van der Waals surface area contributed by atoms with Crippen molar-refractivity contribution in [1.82, 2.24) is 4.98 Å². The number of rotatable bonds is 1. The average molecular weight is 319 g/mol. The lowest BCUT2D eigenvalue weighted by atomic mass is 10.2. The molecule has 0 fully saturated rings. The normalized spacial score (nSPS) is 11.3. The summed E-state index contributed by atoms with van der Waals surface area (Å²) in [5.74, 6) is 0.0208.